The zero-order chi connectivity index (χ0) is 28.7. The number of carbonyl (C=O) groups excluding carboxylic acids is 1. The number of benzene rings is 2. The predicted octanol–water partition coefficient (Wildman–Crippen LogP) is 6.51. The molecular weight excluding hydrogens is 516 g/mol. The molecule has 0 radical (unpaired) electrons. The van der Waals surface area contributed by atoms with Crippen molar-refractivity contribution in [3.63, 3.8) is 0 Å². The smallest absolute Gasteiger partial charge is 0.407 e. The van der Waals surface area contributed by atoms with Crippen molar-refractivity contribution in [1.29, 1.82) is 0 Å². The highest BCUT2D eigenvalue weighted by atomic mass is 32.2. The van der Waals surface area contributed by atoms with Crippen LogP contribution in [0.15, 0.2) is 53.4 Å². The third kappa shape index (κ3) is 8.88. The van der Waals surface area contributed by atoms with Gasteiger partial charge in [0.25, 0.3) is 0 Å². The molecule has 0 saturated carbocycles. The van der Waals surface area contributed by atoms with E-state index in [0.29, 0.717) is 22.4 Å². The Labute approximate surface area is 233 Å². The van der Waals surface area contributed by atoms with Gasteiger partial charge in [0.1, 0.15) is 12.2 Å². The van der Waals surface area contributed by atoms with Crippen LogP contribution in [0.1, 0.15) is 56.1 Å². The highest BCUT2D eigenvalue weighted by Crippen LogP contribution is 2.30. The lowest BCUT2D eigenvalue weighted by Crippen LogP contribution is -2.45. The fraction of sp³-hybridized carbons (Fsp3) is 0.379. The van der Waals surface area contributed by atoms with Gasteiger partial charge in [0.15, 0.2) is 0 Å². The zero-order valence-electron chi connectivity index (χ0n) is 23.4. The molecule has 0 fully saturated rings. The van der Waals surface area contributed by atoms with Crippen LogP contribution in [-0.2, 0) is 4.74 Å². The Bertz CT molecular complexity index is 1300. The first-order valence-corrected chi connectivity index (χ1v) is 13.5. The summed E-state index contributed by atoms with van der Waals surface area (Å²) in [5, 5.41) is 12.2. The number of alkyl carbamates (subject to hydrolysis) is 1. The van der Waals surface area contributed by atoms with Gasteiger partial charge < -0.3 is 19.9 Å². The van der Waals surface area contributed by atoms with Gasteiger partial charge in [-0.05, 0) is 81.8 Å². The number of aryl methyl sites for hydroxylation is 2. The highest BCUT2D eigenvalue weighted by Gasteiger charge is 2.23. The van der Waals surface area contributed by atoms with Crippen LogP contribution >= 0.6 is 11.9 Å². The van der Waals surface area contributed by atoms with Crippen molar-refractivity contribution in [3.05, 3.63) is 65.2 Å². The minimum Gasteiger partial charge on any atom is -0.478 e. The van der Waals surface area contributed by atoms with Crippen molar-refractivity contribution in [3.8, 4) is 17.1 Å². The van der Waals surface area contributed by atoms with Crippen molar-refractivity contribution in [2.75, 3.05) is 11.3 Å². The lowest BCUT2D eigenvalue weighted by molar-refractivity contribution is 0.0467. The van der Waals surface area contributed by atoms with Gasteiger partial charge >= 0.3 is 12.1 Å². The first-order chi connectivity index (χ1) is 18.3. The maximum atomic E-state index is 12.4. The number of ether oxygens (including phenoxy) is 2. The van der Waals surface area contributed by atoms with Crippen LogP contribution in [0.3, 0.4) is 0 Å². The van der Waals surface area contributed by atoms with Gasteiger partial charge in [-0.15, -0.1) is 0 Å². The number of aromatic carboxylic acids is 1. The molecule has 0 aliphatic rings. The number of amides is 1. The van der Waals surface area contributed by atoms with Crippen LogP contribution in [0.2, 0.25) is 0 Å². The number of hydrogen-bond acceptors (Lipinski definition) is 8. The summed E-state index contributed by atoms with van der Waals surface area (Å²) in [6, 6.07) is 14.1. The predicted molar refractivity (Wildman–Crippen MR) is 153 cm³/mol. The normalized spacial score (nSPS) is 12.1. The number of rotatable bonds is 10. The summed E-state index contributed by atoms with van der Waals surface area (Å²) >= 11 is 1.20. The van der Waals surface area contributed by atoms with E-state index in [4.69, 9.17) is 14.5 Å². The largest absolute Gasteiger partial charge is 0.478 e. The topological polar surface area (TPSA) is 123 Å². The molecule has 1 amide bonds. The van der Waals surface area contributed by atoms with Gasteiger partial charge in [-0.25, -0.2) is 14.6 Å². The molecule has 39 heavy (non-hydrogen) atoms. The van der Waals surface area contributed by atoms with Gasteiger partial charge in [-0.2, -0.15) is 4.98 Å². The second-order valence-electron chi connectivity index (χ2n) is 10.5. The molecule has 1 heterocycles. The van der Waals surface area contributed by atoms with Crippen molar-refractivity contribution in [2.45, 2.75) is 65.0 Å². The van der Waals surface area contributed by atoms with Crippen molar-refractivity contribution >= 4 is 30.0 Å². The Kier molecular flexibility index (Phi) is 9.80. The fourth-order valence-corrected chi connectivity index (χ4v) is 4.36. The van der Waals surface area contributed by atoms with E-state index in [1.165, 1.54) is 18.0 Å². The number of nitrogens with zero attached hydrogens (tertiary/aromatic N) is 2. The van der Waals surface area contributed by atoms with Crippen molar-refractivity contribution in [2.24, 2.45) is 5.92 Å². The number of nitrogens with one attached hydrogen (secondary N) is 2. The Morgan fingerprint density at radius 1 is 1.03 bits per heavy atom. The minimum atomic E-state index is -0.999. The molecule has 3 aromatic rings. The molecule has 2 aromatic carbocycles. The Hall–Kier alpha value is -3.79. The van der Waals surface area contributed by atoms with E-state index in [9.17, 15) is 14.7 Å². The summed E-state index contributed by atoms with van der Waals surface area (Å²) in [6.45, 7) is 13.6. The molecule has 208 valence electrons. The van der Waals surface area contributed by atoms with Gasteiger partial charge in [0, 0.05) is 16.5 Å². The molecule has 10 heteroatoms. The van der Waals surface area contributed by atoms with Crippen molar-refractivity contribution < 1.29 is 24.2 Å². The van der Waals surface area contributed by atoms with Gasteiger partial charge in [0.2, 0.25) is 11.8 Å². The summed E-state index contributed by atoms with van der Waals surface area (Å²) in [5.74, 6) is -0.285. The summed E-state index contributed by atoms with van der Waals surface area (Å²) in [5.41, 5.74) is 3.34. The molecule has 0 saturated heterocycles. The Balaban J connectivity index is 1.87. The average Bonchev–Trinajstić information content (AvgIpc) is 2.84. The van der Waals surface area contributed by atoms with Crippen LogP contribution in [-0.4, -0.2) is 45.4 Å². The molecule has 3 N–H and O–H groups in total. The molecule has 0 spiro atoms. The lowest BCUT2D eigenvalue weighted by atomic mass is 10.00. The van der Waals surface area contributed by atoms with Gasteiger partial charge in [0.05, 0.1) is 17.3 Å². The van der Waals surface area contributed by atoms with E-state index >= 15 is 0 Å². The standard InChI is InChI=1S/C29H36N4O5S/c1-17(2)23(31-28(36)38-29(5,6)7)16-37-24-15-22(25-18(3)10-8-11-19(25)4)30-27(32-24)33-39-21-13-9-12-20(14-21)26(34)35/h8-15,17,23H,16H2,1-7H3,(H,31,36)(H,34,35)(H,30,32,33). The lowest BCUT2D eigenvalue weighted by Gasteiger charge is -2.25. The second kappa shape index (κ2) is 12.8. The van der Waals surface area contributed by atoms with Crippen LogP contribution in [0.25, 0.3) is 11.3 Å². The first kappa shape index (κ1) is 29.8. The summed E-state index contributed by atoms with van der Waals surface area (Å²) in [6.07, 6.45) is -0.508. The molecule has 0 aliphatic carbocycles. The van der Waals surface area contributed by atoms with E-state index in [1.54, 1.807) is 24.3 Å². The monoisotopic (exact) mass is 552 g/mol. The van der Waals surface area contributed by atoms with E-state index in [-0.39, 0.29) is 24.1 Å². The molecule has 0 aliphatic heterocycles. The van der Waals surface area contributed by atoms with Gasteiger partial charge in [-0.3, -0.25) is 4.72 Å². The van der Waals surface area contributed by atoms with E-state index < -0.39 is 17.7 Å². The number of hydrogen-bond donors (Lipinski definition) is 3. The number of anilines is 1. The quantitative estimate of drug-likeness (QED) is 0.242. The van der Waals surface area contributed by atoms with Crippen LogP contribution < -0.4 is 14.8 Å². The highest BCUT2D eigenvalue weighted by molar-refractivity contribution is 8.00. The molecule has 3 rings (SSSR count). The third-order valence-electron chi connectivity index (χ3n) is 5.70. The molecule has 0 bridgehead atoms. The van der Waals surface area contributed by atoms with E-state index in [1.807, 2.05) is 66.7 Å². The number of carboxylic acid groups (broad SMARTS) is 1. The number of carboxylic acids is 1. The second-order valence-corrected chi connectivity index (χ2v) is 11.4. The van der Waals surface area contributed by atoms with Crippen LogP contribution in [0.4, 0.5) is 10.7 Å². The number of carbonyl (C=O) groups is 2. The van der Waals surface area contributed by atoms with Crippen molar-refractivity contribution in [1.82, 2.24) is 15.3 Å². The zero-order valence-corrected chi connectivity index (χ0v) is 24.2. The van der Waals surface area contributed by atoms with Crippen LogP contribution in [0.5, 0.6) is 5.88 Å². The first-order valence-electron chi connectivity index (χ1n) is 12.7. The van der Waals surface area contributed by atoms with Crippen LogP contribution in [0, 0.1) is 19.8 Å². The maximum absolute atomic E-state index is 12.4. The molecular formula is C29H36N4O5S. The summed E-state index contributed by atoms with van der Waals surface area (Å²) in [7, 11) is 0. The van der Waals surface area contributed by atoms with E-state index in [0.717, 1.165) is 16.7 Å². The summed E-state index contributed by atoms with van der Waals surface area (Å²) < 4.78 is 14.6. The van der Waals surface area contributed by atoms with Gasteiger partial charge in [-0.1, -0.05) is 38.1 Å². The molecule has 1 unspecified atom stereocenters. The minimum absolute atomic E-state index is 0.0760. The average molecular weight is 553 g/mol. The molecule has 1 atom stereocenters. The Morgan fingerprint density at radius 2 is 1.69 bits per heavy atom. The maximum Gasteiger partial charge on any atom is 0.407 e. The molecule has 9 nitrogen and oxygen atoms in total. The third-order valence-corrected chi connectivity index (χ3v) is 6.47. The number of aromatic nitrogens is 2. The Morgan fingerprint density at radius 3 is 2.31 bits per heavy atom. The van der Waals surface area contributed by atoms with E-state index in [2.05, 4.69) is 15.0 Å². The SMILES string of the molecule is Cc1cccc(C)c1-c1cc(OCC(NC(=O)OC(C)(C)C)C(C)C)nc(NSc2cccc(C(=O)O)c2)n1. The summed E-state index contributed by atoms with van der Waals surface area (Å²) in [4.78, 5) is 33.7. The molecule has 1 aromatic heterocycles. The fourth-order valence-electron chi connectivity index (χ4n) is 3.72.